The highest BCUT2D eigenvalue weighted by Gasteiger charge is 2.48. The van der Waals surface area contributed by atoms with E-state index in [1.807, 2.05) is 6.92 Å². The molecule has 7 heteroatoms. The van der Waals surface area contributed by atoms with E-state index in [9.17, 15) is 30.7 Å². The first kappa shape index (κ1) is 27.5. The molecule has 194 valence electrons. The summed E-state index contributed by atoms with van der Waals surface area (Å²) in [7, 11) is 0. The zero-order chi connectivity index (χ0) is 25.8. The molecule has 0 nitrogen and oxygen atoms in total. The van der Waals surface area contributed by atoms with Crippen LogP contribution in [0.15, 0.2) is 30.3 Å². The number of halogens is 7. The normalized spacial score (nSPS) is 19.2. The van der Waals surface area contributed by atoms with Gasteiger partial charge in [-0.25, -0.2) is 4.39 Å². The highest BCUT2D eigenvalue weighted by Crippen LogP contribution is 2.50. The molecule has 35 heavy (non-hydrogen) atoms. The summed E-state index contributed by atoms with van der Waals surface area (Å²) in [6, 6.07) is 5.92. The van der Waals surface area contributed by atoms with E-state index in [1.165, 1.54) is 6.07 Å². The van der Waals surface area contributed by atoms with Gasteiger partial charge in [0.05, 0.1) is 11.1 Å². The Morgan fingerprint density at radius 2 is 1.37 bits per heavy atom. The molecule has 0 saturated heterocycles. The number of benzene rings is 2. The standard InChI is InChI=1S/C28H33F7/c1-3-5-6-8-18-9-12-20(13-10-18)21-15-16-23(22-14-11-19(7-4-2)17-24(22)29)26(28(33,34)35)25(21)27(30,31)32/h11,14-18,20H,3-10,12-13H2,1-2H3. The van der Waals surface area contributed by atoms with Gasteiger partial charge in [0.15, 0.2) is 0 Å². The molecular formula is C28H33F7. The van der Waals surface area contributed by atoms with Crippen LogP contribution in [-0.4, -0.2) is 0 Å². The van der Waals surface area contributed by atoms with Crippen LogP contribution in [0.3, 0.4) is 0 Å². The predicted molar refractivity (Wildman–Crippen MR) is 125 cm³/mol. The molecule has 0 heterocycles. The van der Waals surface area contributed by atoms with Gasteiger partial charge in [0.1, 0.15) is 5.82 Å². The lowest BCUT2D eigenvalue weighted by Gasteiger charge is -2.32. The Morgan fingerprint density at radius 3 is 1.91 bits per heavy atom. The van der Waals surface area contributed by atoms with Crippen molar-refractivity contribution in [3.63, 3.8) is 0 Å². The summed E-state index contributed by atoms with van der Waals surface area (Å²) in [5, 5.41) is 0. The van der Waals surface area contributed by atoms with Crippen molar-refractivity contribution in [2.24, 2.45) is 5.92 Å². The third kappa shape index (κ3) is 6.59. The molecule has 1 saturated carbocycles. The first-order valence-corrected chi connectivity index (χ1v) is 12.6. The van der Waals surface area contributed by atoms with Crippen LogP contribution in [-0.2, 0) is 18.8 Å². The Bertz CT molecular complexity index is 980. The third-order valence-electron chi connectivity index (χ3n) is 7.17. The quantitative estimate of drug-likeness (QED) is 0.249. The van der Waals surface area contributed by atoms with E-state index in [0.717, 1.165) is 49.9 Å². The number of unbranched alkanes of at least 4 members (excludes halogenated alkanes) is 2. The summed E-state index contributed by atoms with van der Waals surface area (Å²) in [5.74, 6) is -1.14. The predicted octanol–water partition coefficient (Wildman–Crippen LogP) is 10.3. The molecule has 0 atom stereocenters. The SMILES string of the molecule is CCCCCC1CCC(c2ccc(-c3ccc(CCC)cc3F)c(C(F)(F)F)c2C(F)(F)F)CC1. The average molecular weight is 503 g/mol. The largest absolute Gasteiger partial charge is 0.417 e. The van der Waals surface area contributed by atoms with Crippen molar-refractivity contribution in [1.29, 1.82) is 0 Å². The van der Waals surface area contributed by atoms with E-state index >= 15 is 0 Å². The Hall–Kier alpha value is -2.05. The van der Waals surface area contributed by atoms with E-state index in [1.54, 1.807) is 0 Å². The zero-order valence-electron chi connectivity index (χ0n) is 20.3. The van der Waals surface area contributed by atoms with Gasteiger partial charge in [-0.2, -0.15) is 26.3 Å². The lowest BCUT2D eigenvalue weighted by atomic mass is 9.74. The van der Waals surface area contributed by atoms with Gasteiger partial charge in [-0.05, 0) is 66.7 Å². The van der Waals surface area contributed by atoms with Gasteiger partial charge in [-0.15, -0.1) is 0 Å². The van der Waals surface area contributed by atoms with Crippen LogP contribution in [0.1, 0.15) is 99.8 Å². The molecule has 1 fully saturated rings. The summed E-state index contributed by atoms with van der Waals surface area (Å²) < 4.78 is 100. The number of hydrogen-bond donors (Lipinski definition) is 0. The van der Waals surface area contributed by atoms with Crippen molar-refractivity contribution in [2.45, 2.75) is 96.3 Å². The molecule has 0 aliphatic heterocycles. The fraction of sp³-hybridized carbons (Fsp3) is 0.571. The zero-order valence-corrected chi connectivity index (χ0v) is 20.3. The van der Waals surface area contributed by atoms with Gasteiger partial charge in [0.25, 0.3) is 0 Å². The third-order valence-corrected chi connectivity index (χ3v) is 7.17. The van der Waals surface area contributed by atoms with Crippen LogP contribution in [0, 0.1) is 11.7 Å². The first-order chi connectivity index (χ1) is 16.5. The fourth-order valence-corrected chi connectivity index (χ4v) is 5.45. The summed E-state index contributed by atoms with van der Waals surface area (Å²) >= 11 is 0. The second-order valence-electron chi connectivity index (χ2n) is 9.73. The lowest BCUT2D eigenvalue weighted by Crippen LogP contribution is -2.23. The average Bonchev–Trinajstić information content (AvgIpc) is 2.78. The second kappa shape index (κ2) is 11.3. The van der Waals surface area contributed by atoms with Crippen LogP contribution in [0.2, 0.25) is 0 Å². The number of alkyl halides is 6. The minimum atomic E-state index is -5.29. The maximum Gasteiger partial charge on any atom is 0.417 e. The highest BCUT2D eigenvalue weighted by molar-refractivity contribution is 5.72. The molecule has 2 aromatic carbocycles. The van der Waals surface area contributed by atoms with Crippen LogP contribution >= 0.6 is 0 Å². The fourth-order valence-electron chi connectivity index (χ4n) is 5.45. The van der Waals surface area contributed by atoms with Crippen LogP contribution in [0.4, 0.5) is 30.7 Å². The number of rotatable bonds is 8. The molecule has 0 unspecified atom stereocenters. The summed E-state index contributed by atoms with van der Waals surface area (Å²) in [5.41, 5.74) is -4.39. The van der Waals surface area contributed by atoms with Crippen molar-refractivity contribution < 1.29 is 30.7 Å². The van der Waals surface area contributed by atoms with E-state index in [2.05, 4.69) is 6.92 Å². The summed E-state index contributed by atoms with van der Waals surface area (Å²) in [4.78, 5) is 0. The van der Waals surface area contributed by atoms with E-state index in [-0.39, 0.29) is 5.56 Å². The Labute approximate surface area is 202 Å². The lowest BCUT2D eigenvalue weighted by molar-refractivity contribution is -0.162. The Kier molecular flexibility index (Phi) is 8.92. The molecule has 0 N–H and O–H groups in total. The van der Waals surface area contributed by atoms with E-state index in [4.69, 9.17) is 0 Å². The van der Waals surface area contributed by atoms with Crippen molar-refractivity contribution in [3.8, 4) is 11.1 Å². The minimum Gasteiger partial charge on any atom is -0.206 e. The Morgan fingerprint density at radius 1 is 0.743 bits per heavy atom. The van der Waals surface area contributed by atoms with E-state index in [0.29, 0.717) is 50.0 Å². The molecule has 3 rings (SSSR count). The smallest absolute Gasteiger partial charge is 0.206 e. The topological polar surface area (TPSA) is 0 Å². The molecule has 0 spiro atoms. The van der Waals surface area contributed by atoms with Gasteiger partial charge in [0.2, 0.25) is 0 Å². The highest BCUT2D eigenvalue weighted by atomic mass is 19.4. The molecule has 0 amide bonds. The summed E-state index contributed by atoms with van der Waals surface area (Å²) in [6.45, 7) is 3.98. The van der Waals surface area contributed by atoms with Crippen molar-refractivity contribution in [1.82, 2.24) is 0 Å². The van der Waals surface area contributed by atoms with Gasteiger partial charge in [-0.3, -0.25) is 0 Å². The number of aryl methyl sites for hydroxylation is 1. The minimum absolute atomic E-state index is 0.316. The van der Waals surface area contributed by atoms with Crippen LogP contribution in [0.25, 0.3) is 11.1 Å². The number of hydrogen-bond acceptors (Lipinski definition) is 0. The molecule has 1 aliphatic rings. The van der Waals surface area contributed by atoms with Gasteiger partial charge >= 0.3 is 12.4 Å². The molecule has 0 aromatic heterocycles. The van der Waals surface area contributed by atoms with Crippen molar-refractivity contribution >= 4 is 0 Å². The second-order valence-corrected chi connectivity index (χ2v) is 9.73. The van der Waals surface area contributed by atoms with Crippen LogP contribution in [0.5, 0.6) is 0 Å². The van der Waals surface area contributed by atoms with Gasteiger partial charge < -0.3 is 0 Å². The molecule has 0 radical (unpaired) electrons. The summed E-state index contributed by atoms with van der Waals surface area (Å²) in [6.07, 6.45) is -2.74. The van der Waals surface area contributed by atoms with Crippen LogP contribution < -0.4 is 0 Å². The van der Waals surface area contributed by atoms with Crippen molar-refractivity contribution in [2.75, 3.05) is 0 Å². The van der Waals surface area contributed by atoms with E-state index < -0.39 is 46.3 Å². The first-order valence-electron chi connectivity index (χ1n) is 12.6. The van der Waals surface area contributed by atoms with Crippen molar-refractivity contribution in [3.05, 3.63) is 58.4 Å². The Balaban J connectivity index is 2.06. The molecular weight excluding hydrogens is 469 g/mol. The monoisotopic (exact) mass is 502 g/mol. The maximum absolute atomic E-state index is 14.8. The molecule has 0 bridgehead atoms. The van der Waals surface area contributed by atoms with Gasteiger partial charge in [0, 0.05) is 5.56 Å². The maximum atomic E-state index is 14.8. The van der Waals surface area contributed by atoms with Gasteiger partial charge in [-0.1, -0.05) is 70.2 Å². The molecule has 2 aromatic rings. The molecule has 1 aliphatic carbocycles.